The first-order valence-electron chi connectivity index (χ1n) is 8.23. The normalized spacial score (nSPS) is 36.3. The van der Waals surface area contributed by atoms with Crippen LogP contribution in [0.1, 0.15) is 64.7 Å². The molecule has 2 aliphatic rings. The zero-order valence-corrected chi connectivity index (χ0v) is 12.7. The lowest BCUT2D eigenvalue weighted by Gasteiger charge is -2.35. The first-order valence-corrected chi connectivity index (χ1v) is 8.23. The van der Waals surface area contributed by atoms with Crippen molar-refractivity contribution < 1.29 is 9.47 Å². The number of nitrogens with one attached hydrogen (secondary N) is 1. The van der Waals surface area contributed by atoms with Crippen molar-refractivity contribution in [1.29, 1.82) is 0 Å². The predicted molar refractivity (Wildman–Crippen MR) is 78.5 cm³/mol. The lowest BCUT2D eigenvalue weighted by atomic mass is 9.91. The smallest absolute Gasteiger partial charge is 0.0603 e. The first kappa shape index (κ1) is 15.3. The lowest BCUT2D eigenvalue weighted by molar-refractivity contribution is -0.0768. The largest absolute Gasteiger partial charge is 0.381 e. The van der Waals surface area contributed by atoms with Crippen LogP contribution in [0.25, 0.3) is 0 Å². The Balaban J connectivity index is 1.64. The monoisotopic (exact) mass is 269 g/mol. The molecule has 0 aliphatic heterocycles. The van der Waals surface area contributed by atoms with E-state index in [2.05, 4.69) is 12.2 Å². The van der Waals surface area contributed by atoms with E-state index < -0.39 is 0 Å². The van der Waals surface area contributed by atoms with E-state index in [-0.39, 0.29) is 0 Å². The Hall–Kier alpha value is -0.120. The van der Waals surface area contributed by atoms with Crippen LogP contribution in [-0.4, -0.2) is 38.0 Å². The average Bonchev–Trinajstić information content (AvgIpc) is 2.47. The van der Waals surface area contributed by atoms with Crippen molar-refractivity contribution in [2.45, 2.75) is 89.1 Å². The van der Waals surface area contributed by atoms with E-state index in [4.69, 9.17) is 9.47 Å². The second kappa shape index (κ2) is 8.23. The molecule has 2 atom stereocenters. The highest BCUT2D eigenvalue weighted by molar-refractivity contribution is 4.80. The van der Waals surface area contributed by atoms with Crippen LogP contribution in [0.15, 0.2) is 0 Å². The van der Waals surface area contributed by atoms with Gasteiger partial charge in [-0.2, -0.15) is 0 Å². The van der Waals surface area contributed by atoms with Crippen LogP contribution in [0, 0.1) is 0 Å². The van der Waals surface area contributed by atoms with Crippen LogP contribution < -0.4 is 5.32 Å². The van der Waals surface area contributed by atoms with E-state index in [0.29, 0.717) is 18.3 Å². The van der Waals surface area contributed by atoms with Crippen LogP contribution in [-0.2, 0) is 9.47 Å². The Kier molecular flexibility index (Phi) is 6.62. The van der Waals surface area contributed by atoms with Gasteiger partial charge in [-0.15, -0.1) is 0 Å². The quantitative estimate of drug-likeness (QED) is 0.803. The van der Waals surface area contributed by atoms with Crippen molar-refractivity contribution in [2.24, 2.45) is 0 Å². The standard InChI is InChI=1S/C16H31NO2/c1-3-11-17-13-7-9-14(10-8-13)19-16-6-4-5-15(12-16)18-2/h13-17H,3-12H2,1-2H3. The summed E-state index contributed by atoms with van der Waals surface area (Å²) in [4.78, 5) is 0. The van der Waals surface area contributed by atoms with E-state index in [9.17, 15) is 0 Å². The van der Waals surface area contributed by atoms with E-state index in [0.717, 1.165) is 19.0 Å². The molecule has 112 valence electrons. The van der Waals surface area contributed by atoms with Gasteiger partial charge in [-0.3, -0.25) is 0 Å². The Morgan fingerprint density at radius 3 is 2.37 bits per heavy atom. The molecule has 2 rings (SSSR count). The third-order valence-electron chi connectivity index (χ3n) is 4.65. The van der Waals surface area contributed by atoms with Gasteiger partial charge in [0.15, 0.2) is 0 Å². The molecule has 0 heterocycles. The molecule has 0 aromatic heterocycles. The van der Waals surface area contributed by atoms with Gasteiger partial charge in [0.25, 0.3) is 0 Å². The molecule has 0 bridgehead atoms. The van der Waals surface area contributed by atoms with Crippen molar-refractivity contribution in [1.82, 2.24) is 5.32 Å². The van der Waals surface area contributed by atoms with Gasteiger partial charge >= 0.3 is 0 Å². The van der Waals surface area contributed by atoms with Crippen molar-refractivity contribution in [2.75, 3.05) is 13.7 Å². The SMILES string of the molecule is CCCNC1CCC(OC2CCCC(OC)C2)CC1. The average molecular weight is 269 g/mol. The Morgan fingerprint density at radius 2 is 1.68 bits per heavy atom. The molecule has 0 spiro atoms. The number of hydrogen-bond acceptors (Lipinski definition) is 3. The molecule has 19 heavy (non-hydrogen) atoms. The first-order chi connectivity index (χ1) is 9.31. The molecule has 0 aromatic rings. The van der Waals surface area contributed by atoms with Crippen molar-refractivity contribution in [3.8, 4) is 0 Å². The molecule has 0 aromatic carbocycles. The summed E-state index contributed by atoms with van der Waals surface area (Å²) < 4.78 is 11.8. The Labute approximate surface area is 118 Å². The molecule has 0 radical (unpaired) electrons. The maximum absolute atomic E-state index is 6.31. The highest BCUT2D eigenvalue weighted by atomic mass is 16.5. The van der Waals surface area contributed by atoms with Gasteiger partial charge in [-0.25, -0.2) is 0 Å². The number of hydrogen-bond donors (Lipinski definition) is 1. The van der Waals surface area contributed by atoms with Crippen LogP contribution in [0.3, 0.4) is 0 Å². The van der Waals surface area contributed by atoms with E-state index in [1.54, 1.807) is 0 Å². The lowest BCUT2D eigenvalue weighted by Crippen LogP contribution is -2.38. The third-order valence-corrected chi connectivity index (χ3v) is 4.65. The topological polar surface area (TPSA) is 30.5 Å². The second-order valence-corrected chi connectivity index (χ2v) is 6.21. The summed E-state index contributed by atoms with van der Waals surface area (Å²) in [5.74, 6) is 0. The minimum absolute atomic E-state index is 0.432. The van der Waals surface area contributed by atoms with Crippen LogP contribution in [0.2, 0.25) is 0 Å². The Morgan fingerprint density at radius 1 is 0.947 bits per heavy atom. The molecule has 1 N–H and O–H groups in total. The number of ether oxygens (including phenoxy) is 2. The van der Waals surface area contributed by atoms with Gasteiger partial charge in [-0.05, 0) is 64.3 Å². The van der Waals surface area contributed by atoms with Gasteiger partial charge in [0, 0.05) is 13.2 Å². The molecule has 0 amide bonds. The summed E-state index contributed by atoms with van der Waals surface area (Å²) in [7, 11) is 1.83. The molecule has 3 nitrogen and oxygen atoms in total. The van der Waals surface area contributed by atoms with Crippen molar-refractivity contribution in [3.05, 3.63) is 0 Å². The fourth-order valence-corrected chi connectivity index (χ4v) is 3.46. The number of rotatable bonds is 6. The molecular weight excluding hydrogens is 238 g/mol. The van der Waals surface area contributed by atoms with Gasteiger partial charge in [0.05, 0.1) is 18.3 Å². The van der Waals surface area contributed by atoms with Gasteiger partial charge in [0.2, 0.25) is 0 Å². The summed E-state index contributed by atoms with van der Waals surface area (Å²) in [5.41, 5.74) is 0. The minimum Gasteiger partial charge on any atom is -0.381 e. The highest BCUT2D eigenvalue weighted by Gasteiger charge is 2.27. The number of methoxy groups -OCH3 is 1. The van der Waals surface area contributed by atoms with Crippen LogP contribution in [0.5, 0.6) is 0 Å². The van der Waals surface area contributed by atoms with Crippen molar-refractivity contribution >= 4 is 0 Å². The van der Waals surface area contributed by atoms with Crippen LogP contribution >= 0.6 is 0 Å². The molecule has 2 unspecified atom stereocenters. The summed E-state index contributed by atoms with van der Waals surface area (Å²) in [5, 5.41) is 3.64. The fraction of sp³-hybridized carbons (Fsp3) is 1.00. The maximum Gasteiger partial charge on any atom is 0.0603 e. The molecule has 2 fully saturated rings. The second-order valence-electron chi connectivity index (χ2n) is 6.21. The third kappa shape index (κ3) is 5.05. The predicted octanol–water partition coefficient (Wildman–Crippen LogP) is 3.27. The van der Waals surface area contributed by atoms with Gasteiger partial charge in [0.1, 0.15) is 0 Å². The summed E-state index contributed by atoms with van der Waals surface area (Å²) >= 11 is 0. The van der Waals surface area contributed by atoms with E-state index >= 15 is 0 Å². The Bertz CT molecular complexity index is 239. The molecular formula is C16H31NO2. The van der Waals surface area contributed by atoms with Crippen molar-refractivity contribution in [3.63, 3.8) is 0 Å². The van der Waals surface area contributed by atoms with Gasteiger partial charge < -0.3 is 14.8 Å². The zero-order valence-electron chi connectivity index (χ0n) is 12.7. The van der Waals surface area contributed by atoms with E-state index in [1.807, 2.05) is 7.11 Å². The molecule has 2 saturated carbocycles. The fourth-order valence-electron chi connectivity index (χ4n) is 3.46. The molecule has 2 aliphatic carbocycles. The summed E-state index contributed by atoms with van der Waals surface area (Å²) in [6.45, 7) is 3.39. The highest BCUT2D eigenvalue weighted by Crippen LogP contribution is 2.28. The zero-order chi connectivity index (χ0) is 13.5. The minimum atomic E-state index is 0.432. The summed E-state index contributed by atoms with van der Waals surface area (Å²) in [6, 6.07) is 0.734. The van der Waals surface area contributed by atoms with Gasteiger partial charge in [-0.1, -0.05) is 6.92 Å². The molecule has 3 heteroatoms. The summed E-state index contributed by atoms with van der Waals surface area (Å²) in [6.07, 6.45) is 12.4. The maximum atomic E-state index is 6.31. The molecule has 0 saturated heterocycles. The van der Waals surface area contributed by atoms with Crippen LogP contribution in [0.4, 0.5) is 0 Å². The van der Waals surface area contributed by atoms with E-state index in [1.165, 1.54) is 51.4 Å².